The number of rotatable bonds is 7. The molecule has 2 N–H and O–H groups in total. The molecule has 0 spiro atoms. The summed E-state index contributed by atoms with van der Waals surface area (Å²) in [5.41, 5.74) is -0.638. The summed E-state index contributed by atoms with van der Waals surface area (Å²) in [5.74, 6) is 0.296. The van der Waals surface area contributed by atoms with Crippen molar-refractivity contribution in [2.24, 2.45) is 5.92 Å². The van der Waals surface area contributed by atoms with Crippen LogP contribution in [0.3, 0.4) is 0 Å². The molecule has 118 valence electrons. The SMILES string of the molecule is O=C(O)C1(NC2CC2)CCCC(N(CC2CC2)C2CC2)C1. The van der Waals surface area contributed by atoms with Gasteiger partial charge in [-0.2, -0.15) is 0 Å². The van der Waals surface area contributed by atoms with Crippen molar-refractivity contribution in [1.82, 2.24) is 10.2 Å². The molecule has 0 bridgehead atoms. The molecule has 0 heterocycles. The Morgan fingerprint density at radius 1 is 1.10 bits per heavy atom. The minimum atomic E-state index is -0.638. The van der Waals surface area contributed by atoms with E-state index in [0.717, 1.165) is 44.1 Å². The van der Waals surface area contributed by atoms with Crippen molar-refractivity contribution in [2.75, 3.05) is 6.54 Å². The Balaban J connectivity index is 1.47. The summed E-state index contributed by atoms with van der Waals surface area (Å²) in [6.45, 7) is 1.23. The quantitative estimate of drug-likeness (QED) is 0.756. The third-order valence-electron chi connectivity index (χ3n) is 5.84. The van der Waals surface area contributed by atoms with Crippen LogP contribution >= 0.6 is 0 Å². The summed E-state index contributed by atoms with van der Waals surface area (Å²) < 4.78 is 0. The number of aliphatic carboxylic acids is 1. The molecule has 21 heavy (non-hydrogen) atoms. The Bertz CT molecular complexity index is 415. The maximum absolute atomic E-state index is 11.9. The second kappa shape index (κ2) is 5.24. The minimum Gasteiger partial charge on any atom is -0.480 e. The van der Waals surface area contributed by atoms with E-state index in [1.807, 2.05) is 0 Å². The fraction of sp³-hybridized carbons (Fsp3) is 0.941. The molecule has 4 saturated carbocycles. The summed E-state index contributed by atoms with van der Waals surface area (Å²) >= 11 is 0. The molecular weight excluding hydrogens is 264 g/mol. The van der Waals surface area contributed by atoms with Gasteiger partial charge in [0.1, 0.15) is 5.54 Å². The standard InChI is InChI=1S/C17H28N2O2/c20-16(21)17(18-13-5-6-13)9-1-2-15(10-17)19(14-7-8-14)11-12-3-4-12/h12-15,18H,1-11H2,(H,20,21). The van der Waals surface area contributed by atoms with E-state index in [2.05, 4.69) is 10.2 Å². The molecule has 2 atom stereocenters. The molecule has 0 aromatic carbocycles. The lowest BCUT2D eigenvalue weighted by Gasteiger charge is -2.43. The smallest absolute Gasteiger partial charge is 0.323 e. The Labute approximate surface area is 127 Å². The lowest BCUT2D eigenvalue weighted by molar-refractivity contribution is -0.147. The number of carboxylic acid groups (broad SMARTS) is 1. The highest BCUT2D eigenvalue weighted by molar-refractivity contribution is 5.79. The summed E-state index contributed by atoms with van der Waals surface area (Å²) in [6.07, 6.45) is 11.7. The molecule has 0 aliphatic heterocycles. The van der Waals surface area contributed by atoms with Crippen molar-refractivity contribution >= 4 is 5.97 Å². The molecular formula is C17H28N2O2. The minimum absolute atomic E-state index is 0.470. The van der Waals surface area contributed by atoms with Gasteiger partial charge in [-0.05, 0) is 70.1 Å². The maximum atomic E-state index is 11.9. The van der Waals surface area contributed by atoms with Gasteiger partial charge in [-0.15, -0.1) is 0 Å². The lowest BCUT2D eigenvalue weighted by Crippen LogP contribution is -2.59. The van der Waals surface area contributed by atoms with Gasteiger partial charge < -0.3 is 5.11 Å². The van der Waals surface area contributed by atoms with Crippen LogP contribution in [-0.2, 0) is 4.79 Å². The van der Waals surface area contributed by atoms with Gasteiger partial charge >= 0.3 is 5.97 Å². The van der Waals surface area contributed by atoms with E-state index in [1.165, 1.54) is 38.6 Å². The van der Waals surface area contributed by atoms with Crippen molar-refractivity contribution in [3.63, 3.8) is 0 Å². The van der Waals surface area contributed by atoms with E-state index in [4.69, 9.17) is 0 Å². The van der Waals surface area contributed by atoms with Crippen LogP contribution in [0.4, 0.5) is 0 Å². The summed E-state index contributed by atoms with van der Waals surface area (Å²) in [5, 5.41) is 13.3. The van der Waals surface area contributed by atoms with E-state index in [-0.39, 0.29) is 0 Å². The Hall–Kier alpha value is -0.610. The zero-order valence-corrected chi connectivity index (χ0v) is 12.9. The van der Waals surface area contributed by atoms with Crippen LogP contribution in [0, 0.1) is 5.92 Å². The van der Waals surface area contributed by atoms with E-state index >= 15 is 0 Å². The van der Waals surface area contributed by atoms with Crippen molar-refractivity contribution in [3.05, 3.63) is 0 Å². The van der Waals surface area contributed by atoms with Crippen LogP contribution in [0.5, 0.6) is 0 Å². The summed E-state index contributed by atoms with van der Waals surface area (Å²) in [4.78, 5) is 14.6. The van der Waals surface area contributed by atoms with Gasteiger partial charge in [0.15, 0.2) is 0 Å². The molecule has 0 aromatic rings. The molecule has 4 rings (SSSR count). The maximum Gasteiger partial charge on any atom is 0.323 e. The fourth-order valence-electron chi connectivity index (χ4n) is 4.14. The van der Waals surface area contributed by atoms with Gasteiger partial charge in [-0.3, -0.25) is 15.0 Å². The predicted molar refractivity (Wildman–Crippen MR) is 81.2 cm³/mol. The predicted octanol–water partition coefficient (Wildman–Crippen LogP) is 2.38. The van der Waals surface area contributed by atoms with Crippen molar-refractivity contribution in [3.8, 4) is 0 Å². The van der Waals surface area contributed by atoms with Crippen LogP contribution < -0.4 is 5.32 Å². The number of carboxylic acids is 1. The highest BCUT2D eigenvalue weighted by Crippen LogP contribution is 2.41. The first-order valence-corrected chi connectivity index (χ1v) is 8.93. The Morgan fingerprint density at radius 2 is 1.86 bits per heavy atom. The van der Waals surface area contributed by atoms with Gasteiger partial charge in [0, 0.05) is 24.7 Å². The largest absolute Gasteiger partial charge is 0.480 e. The third-order valence-corrected chi connectivity index (χ3v) is 5.84. The zero-order chi connectivity index (χ0) is 14.4. The average Bonchev–Trinajstić information content (AvgIpc) is 3.31. The number of nitrogens with zero attached hydrogens (tertiary/aromatic N) is 1. The first kappa shape index (κ1) is 14.0. The molecule has 0 radical (unpaired) electrons. The van der Waals surface area contributed by atoms with Crippen molar-refractivity contribution in [2.45, 2.75) is 87.9 Å². The first-order chi connectivity index (χ1) is 10.2. The molecule has 4 aliphatic carbocycles. The second-order valence-corrected chi connectivity index (χ2v) is 7.93. The highest BCUT2D eigenvalue weighted by atomic mass is 16.4. The fourth-order valence-corrected chi connectivity index (χ4v) is 4.14. The Kier molecular flexibility index (Phi) is 3.49. The summed E-state index contributed by atoms with van der Waals surface area (Å²) in [7, 11) is 0. The number of hydrogen-bond donors (Lipinski definition) is 2. The number of nitrogens with one attached hydrogen (secondary N) is 1. The number of hydrogen-bond acceptors (Lipinski definition) is 3. The molecule has 4 fully saturated rings. The van der Waals surface area contributed by atoms with Gasteiger partial charge in [-0.25, -0.2) is 0 Å². The molecule has 4 heteroatoms. The summed E-state index contributed by atoms with van der Waals surface area (Å²) in [6, 6.07) is 1.73. The molecule has 4 aliphatic rings. The van der Waals surface area contributed by atoms with Gasteiger partial charge in [0.25, 0.3) is 0 Å². The van der Waals surface area contributed by atoms with Gasteiger partial charge in [-0.1, -0.05) is 0 Å². The van der Waals surface area contributed by atoms with Gasteiger partial charge in [0.2, 0.25) is 0 Å². The molecule has 0 saturated heterocycles. The first-order valence-electron chi connectivity index (χ1n) is 8.93. The normalized spacial score (nSPS) is 36.9. The average molecular weight is 292 g/mol. The van der Waals surface area contributed by atoms with Gasteiger partial charge in [0.05, 0.1) is 0 Å². The molecule has 2 unspecified atom stereocenters. The van der Waals surface area contributed by atoms with E-state index in [1.54, 1.807) is 0 Å². The molecule has 4 nitrogen and oxygen atoms in total. The number of carbonyl (C=O) groups is 1. The Morgan fingerprint density at radius 3 is 2.43 bits per heavy atom. The molecule has 0 aromatic heterocycles. The second-order valence-electron chi connectivity index (χ2n) is 7.93. The van der Waals surface area contributed by atoms with Crippen molar-refractivity contribution in [1.29, 1.82) is 0 Å². The van der Waals surface area contributed by atoms with Crippen LogP contribution in [0.25, 0.3) is 0 Å². The molecule has 0 amide bonds. The monoisotopic (exact) mass is 292 g/mol. The highest BCUT2D eigenvalue weighted by Gasteiger charge is 2.49. The third kappa shape index (κ3) is 3.11. The zero-order valence-electron chi connectivity index (χ0n) is 12.9. The van der Waals surface area contributed by atoms with Crippen LogP contribution in [0.1, 0.15) is 64.2 Å². The van der Waals surface area contributed by atoms with Crippen molar-refractivity contribution < 1.29 is 9.90 Å². The van der Waals surface area contributed by atoms with Crippen LogP contribution in [0.15, 0.2) is 0 Å². The van der Waals surface area contributed by atoms with E-state index < -0.39 is 11.5 Å². The van der Waals surface area contributed by atoms with Crippen LogP contribution in [0.2, 0.25) is 0 Å². The van der Waals surface area contributed by atoms with E-state index in [0.29, 0.717) is 12.1 Å². The lowest BCUT2D eigenvalue weighted by atomic mass is 9.78. The topological polar surface area (TPSA) is 52.6 Å². The van der Waals surface area contributed by atoms with E-state index in [9.17, 15) is 9.90 Å². The van der Waals surface area contributed by atoms with Crippen LogP contribution in [-0.4, -0.2) is 46.2 Å².